The minimum atomic E-state index is 0.740. The van der Waals surface area contributed by atoms with Gasteiger partial charge in [0.05, 0.1) is 0 Å². The lowest BCUT2D eigenvalue weighted by Gasteiger charge is -2.06. The van der Waals surface area contributed by atoms with Crippen LogP contribution in [0.15, 0.2) is 42.0 Å². The van der Waals surface area contributed by atoms with E-state index in [4.69, 9.17) is 0 Å². The normalized spacial score (nSPS) is 12.1. The largest absolute Gasteiger partial charge is 0.316 e. The maximum Gasteiger partial charge on any atom is -0.00141 e. The average Bonchev–Trinajstić information content (AvgIpc) is 2.29. The maximum atomic E-state index is 3.46. The van der Waals surface area contributed by atoms with E-state index in [1.165, 1.54) is 11.1 Å². The van der Waals surface area contributed by atoms with Gasteiger partial charge in [0.25, 0.3) is 0 Å². The Labute approximate surface area is 106 Å². The molecule has 0 heterocycles. The van der Waals surface area contributed by atoms with Crippen molar-refractivity contribution < 1.29 is 0 Å². The molecular formula is C16H25N. The molecule has 1 rings (SSSR count). The standard InChI is InChI=1S/C16H25N/c1-14(2)13-17-11-7-8-15(3)12-16-9-5-4-6-10-16/h4-6,8-10,14,17H,7,11-13H2,1-3H3. The van der Waals surface area contributed by atoms with Gasteiger partial charge in [0.1, 0.15) is 0 Å². The van der Waals surface area contributed by atoms with E-state index in [-0.39, 0.29) is 0 Å². The monoisotopic (exact) mass is 231 g/mol. The fourth-order valence-electron chi connectivity index (χ4n) is 1.80. The van der Waals surface area contributed by atoms with Crippen LogP contribution in [-0.4, -0.2) is 13.1 Å². The third-order valence-corrected chi connectivity index (χ3v) is 2.69. The molecule has 0 radical (unpaired) electrons. The number of rotatable bonds is 7. The van der Waals surface area contributed by atoms with Gasteiger partial charge >= 0.3 is 0 Å². The van der Waals surface area contributed by atoms with E-state index < -0.39 is 0 Å². The second kappa shape index (κ2) is 8.08. The summed E-state index contributed by atoms with van der Waals surface area (Å²) in [4.78, 5) is 0. The van der Waals surface area contributed by atoms with E-state index >= 15 is 0 Å². The van der Waals surface area contributed by atoms with Crippen molar-refractivity contribution in [1.82, 2.24) is 5.32 Å². The average molecular weight is 231 g/mol. The molecule has 0 unspecified atom stereocenters. The van der Waals surface area contributed by atoms with E-state index in [9.17, 15) is 0 Å². The molecule has 0 spiro atoms. The van der Waals surface area contributed by atoms with Gasteiger partial charge in [-0.2, -0.15) is 0 Å². The first-order valence-corrected chi connectivity index (χ1v) is 6.58. The smallest absolute Gasteiger partial charge is 0.00141 e. The van der Waals surface area contributed by atoms with E-state index in [1.54, 1.807) is 0 Å². The fourth-order valence-corrected chi connectivity index (χ4v) is 1.80. The van der Waals surface area contributed by atoms with E-state index in [2.05, 4.69) is 62.5 Å². The highest BCUT2D eigenvalue weighted by Crippen LogP contribution is 2.07. The van der Waals surface area contributed by atoms with E-state index in [0.717, 1.165) is 31.8 Å². The molecule has 0 fully saturated rings. The topological polar surface area (TPSA) is 12.0 Å². The summed E-state index contributed by atoms with van der Waals surface area (Å²) in [5, 5.41) is 3.46. The van der Waals surface area contributed by atoms with Crippen molar-refractivity contribution in [1.29, 1.82) is 0 Å². The van der Waals surface area contributed by atoms with Crippen molar-refractivity contribution in [3.8, 4) is 0 Å². The number of nitrogens with one attached hydrogen (secondary N) is 1. The molecule has 1 aromatic carbocycles. The van der Waals surface area contributed by atoms with Crippen LogP contribution in [0.1, 0.15) is 32.8 Å². The van der Waals surface area contributed by atoms with Gasteiger partial charge in [-0.05, 0) is 44.3 Å². The molecule has 0 aliphatic heterocycles. The highest BCUT2D eigenvalue weighted by Gasteiger charge is 1.94. The Morgan fingerprint density at radius 1 is 1.24 bits per heavy atom. The summed E-state index contributed by atoms with van der Waals surface area (Å²) in [5.41, 5.74) is 2.86. The van der Waals surface area contributed by atoms with Crippen LogP contribution in [0.5, 0.6) is 0 Å². The van der Waals surface area contributed by atoms with Gasteiger partial charge < -0.3 is 5.32 Å². The van der Waals surface area contributed by atoms with Crippen LogP contribution in [0.4, 0.5) is 0 Å². The first-order valence-electron chi connectivity index (χ1n) is 6.58. The predicted octanol–water partition coefficient (Wildman–Crippen LogP) is 3.81. The van der Waals surface area contributed by atoms with Crippen LogP contribution in [-0.2, 0) is 6.42 Å². The van der Waals surface area contributed by atoms with Crippen molar-refractivity contribution >= 4 is 0 Å². The highest BCUT2D eigenvalue weighted by atomic mass is 14.8. The zero-order chi connectivity index (χ0) is 12.5. The minimum Gasteiger partial charge on any atom is -0.316 e. The van der Waals surface area contributed by atoms with Gasteiger partial charge in [-0.1, -0.05) is 55.8 Å². The maximum absolute atomic E-state index is 3.46. The van der Waals surface area contributed by atoms with Gasteiger partial charge in [-0.25, -0.2) is 0 Å². The lowest BCUT2D eigenvalue weighted by Crippen LogP contribution is -2.20. The zero-order valence-electron chi connectivity index (χ0n) is 11.4. The minimum absolute atomic E-state index is 0.740. The van der Waals surface area contributed by atoms with Crippen LogP contribution in [0.2, 0.25) is 0 Å². The van der Waals surface area contributed by atoms with Crippen LogP contribution in [0.25, 0.3) is 0 Å². The molecule has 1 nitrogen and oxygen atoms in total. The SMILES string of the molecule is CC(=CCCNCC(C)C)Cc1ccccc1. The molecule has 0 bridgehead atoms. The first kappa shape index (κ1) is 14.0. The Hall–Kier alpha value is -1.08. The molecule has 17 heavy (non-hydrogen) atoms. The van der Waals surface area contributed by atoms with Crippen molar-refractivity contribution in [2.24, 2.45) is 5.92 Å². The van der Waals surface area contributed by atoms with Crippen LogP contribution < -0.4 is 5.32 Å². The van der Waals surface area contributed by atoms with Crippen molar-refractivity contribution in [3.05, 3.63) is 47.5 Å². The molecule has 0 saturated carbocycles. The van der Waals surface area contributed by atoms with E-state index in [1.807, 2.05) is 0 Å². The van der Waals surface area contributed by atoms with Crippen molar-refractivity contribution in [2.45, 2.75) is 33.6 Å². The van der Waals surface area contributed by atoms with Gasteiger partial charge in [-0.15, -0.1) is 0 Å². The Bertz CT molecular complexity index is 325. The Morgan fingerprint density at radius 3 is 2.59 bits per heavy atom. The second-order valence-electron chi connectivity index (χ2n) is 5.10. The predicted molar refractivity (Wildman–Crippen MR) is 76.2 cm³/mol. The molecule has 94 valence electrons. The second-order valence-corrected chi connectivity index (χ2v) is 5.10. The zero-order valence-corrected chi connectivity index (χ0v) is 11.4. The van der Waals surface area contributed by atoms with Gasteiger partial charge in [0, 0.05) is 0 Å². The lowest BCUT2D eigenvalue weighted by molar-refractivity contribution is 0.556. The van der Waals surface area contributed by atoms with Gasteiger partial charge in [0.15, 0.2) is 0 Å². The highest BCUT2D eigenvalue weighted by molar-refractivity contribution is 5.20. The van der Waals surface area contributed by atoms with Crippen molar-refractivity contribution in [3.63, 3.8) is 0 Å². The molecule has 0 aromatic heterocycles. The van der Waals surface area contributed by atoms with Gasteiger partial charge in [0.2, 0.25) is 0 Å². The third-order valence-electron chi connectivity index (χ3n) is 2.69. The molecule has 0 amide bonds. The van der Waals surface area contributed by atoms with Crippen LogP contribution >= 0.6 is 0 Å². The molecule has 1 aromatic rings. The summed E-state index contributed by atoms with van der Waals surface area (Å²) in [7, 11) is 0. The molecule has 0 atom stereocenters. The van der Waals surface area contributed by atoms with Crippen LogP contribution in [0.3, 0.4) is 0 Å². The first-order chi connectivity index (χ1) is 8.18. The summed E-state index contributed by atoms with van der Waals surface area (Å²) < 4.78 is 0. The van der Waals surface area contributed by atoms with Gasteiger partial charge in [-0.3, -0.25) is 0 Å². The number of hydrogen-bond acceptors (Lipinski definition) is 1. The Kier molecular flexibility index (Phi) is 6.64. The fraction of sp³-hybridized carbons (Fsp3) is 0.500. The summed E-state index contributed by atoms with van der Waals surface area (Å²) in [6.45, 7) is 8.90. The molecule has 1 N–H and O–H groups in total. The molecule has 0 aliphatic rings. The Morgan fingerprint density at radius 2 is 1.94 bits per heavy atom. The van der Waals surface area contributed by atoms with E-state index in [0.29, 0.717) is 0 Å². The number of benzene rings is 1. The van der Waals surface area contributed by atoms with Crippen LogP contribution in [0, 0.1) is 5.92 Å². The lowest BCUT2D eigenvalue weighted by atomic mass is 10.1. The number of hydrogen-bond donors (Lipinski definition) is 1. The molecule has 0 saturated heterocycles. The van der Waals surface area contributed by atoms with Crippen molar-refractivity contribution in [2.75, 3.05) is 13.1 Å². The third kappa shape index (κ3) is 6.96. The number of allylic oxidation sites excluding steroid dienone is 1. The summed E-state index contributed by atoms with van der Waals surface area (Å²) in [6.07, 6.45) is 4.55. The molecular weight excluding hydrogens is 206 g/mol. The summed E-state index contributed by atoms with van der Waals surface area (Å²) >= 11 is 0. The molecule has 0 aliphatic carbocycles. The summed E-state index contributed by atoms with van der Waals surface area (Å²) in [6, 6.07) is 10.7. The molecule has 1 heteroatoms. The Balaban J connectivity index is 2.21. The summed E-state index contributed by atoms with van der Waals surface area (Å²) in [5.74, 6) is 0.740. The quantitative estimate of drug-likeness (QED) is 0.556.